The van der Waals surface area contributed by atoms with Gasteiger partial charge in [-0.2, -0.15) is 0 Å². The molecule has 11 heavy (non-hydrogen) atoms. The molecule has 1 rings (SSSR count). The van der Waals surface area contributed by atoms with E-state index in [1.807, 2.05) is 6.92 Å². The van der Waals surface area contributed by atoms with Gasteiger partial charge in [-0.1, -0.05) is 13.5 Å². The van der Waals surface area contributed by atoms with E-state index >= 15 is 0 Å². The number of ketones is 1. The van der Waals surface area contributed by atoms with E-state index in [4.69, 9.17) is 0 Å². The Labute approximate surface area is 68.5 Å². The van der Waals surface area contributed by atoms with Crippen LogP contribution in [0.15, 0.2) is 12.2 Å². The van der Waals surface area contributed by atoms with Crippen LogP contribution in [0.1, 0.15) is 33.1 Å². The maximum atomic E-state index is 11.4. The molecule has 0 N–H and O–H groups in total. The summed E-state index contributed by atoms with van der Waals surface area (Å²) in [7, 11) is 0. The molecule has 0 saturated heterocycles. The number of allylic oxidation sites excluding steroid dienone is 1. The Bertz CT molecular complexity index is 181. The van der Waals surface area contributed by atoms with Gasteiger partial charge in [-0.3, -0.25) is 4.79 Å². The molecule has 0 aromatic heterocycles. The second-order valence-corrected chi connectivity index (χ2v) is 3.76. The van der Waals surface area contributed by atoms with E-state index in [9.17, 15) is 4.79 Å². The molecule has 0 aliphatic heterocycles. The van der Waals surface area contributed by atoms with Gasteiger partial charge in [0.05, 0.1) is 0 Å². The first-order chi connectivity index (χ1) is 5.11. The highest BCUT2D eigenvalue weighted by Gasteiger charge is 2.26. The first kappa shape index (κ1) is 8.51. The van der Waals surface area contributed by atoms with Crippen LogP contribution in [0.3, 0.4) is 0 Å². The maximum Gasteiger partial charge on any atom is 0.161 e. The highest BCUT2D eigenvalue weighted by Crippen LogP contribution is 2.31. The van der Waals surface area contributed by atoms with Crippen LogP contribution in [-0.4, -0.2) is 5.78 Å². The molecule has 1 saturated carbocycles. The molecular formula is C10H16O. The molecule has 0 aromatic rings. The van der Waals surface area contributed by atoms with Crippen LogP contribution in [0.4, 0.5) is 0 Å². The van der Waals surface area contributed by atoms with Gasteiger partial charge in [0.1, 0.15) is 0 Å². The Morgan fingerprint density at radius 2 is 2.09 bits per heavy atom. The molecule has 0 spiro atoms. The summed E-state index contributed by atoms with van der Waals surface area (Å²) < 4.78 is 0. The molecule has 0 amide bonds. The zero-order valence-corrected chi connectivity index (χ0v) is 7.39. The second kappa shape index (κ2) is 3.21. The van der Waals surface area contributed by atoms with Crippen LogP contribution < -0.4 is 0 Å². The van der Waals surface area contributed by atoms with Crippen molar-refractivity contribution >= 4 is 5.78 Å². The van der Waals surface area contributed by atoms with Crippen LogP contribution in [0.5, 0.6) is 0 Å². The highest BCUT2D eigenvalue weighted by molar-refractivity contribution is 5.96. The lowest BCUT2D eigenvalue weighted by atomic mass is 9.97. The smallest absolute Gasteiger partial charge is 0.161 e. The molecule has 2 atom stereocenters. The number of Topliss-reactive ketones (excluding diaryl/α,β-unsaturated/α-hetero) is 1. The summed E-state index contributed by atoms with van der Waals surface area (Å²) in [5.74, 6) is 1.32. The molecule has 0 aromatic carbocycles. The minimum Gasteiger partial charge on any atom is -0.294 e. The Kier molecular flexibility index (Phi) is 2.48. The Morgan fingerprint density at radius 1 is 1.45 bits per heavy atom. The molecule has 0 heterocycles. The van der Waals surface area contributed by atoms with Crippen molar-refractivity contribution in [1.82, 2.24) is 0 Å². The Morgan fingerprint density at radius 3 is 2.45 bits per heavy atom. The first-order valence-electron chi connectivity index (χ1n) is 4.31. The Hall–Kier alpha value is -0.590. The van der Waals surface area contributed by atoms with E-state index in [1.54, 1.807) is 0 Å². The fraction of sp³-hybridized carbons (Fsp3) is 0.700. The largest absolute Gasteiger partial charge is 0.294 e. The minimum atomic E-state index is 0.286. The van der Waals surface area contributed by atoms with Gasteiger partial charge >= 0.3 is 0 Å². The van der Waals surface area contributed by atoms with E-state index in [2.05, 4.69) is 13.5 Å². The van der Waals surface area contributed by atoms with Gasteiger partial charge in [0.25, 0.3) is 0 Å². The summed E-state index contributed by atoms with van der Waals surface area (Å²) in [6, 6.07) is 0. The number of hydrogen-bond acceptors (Lipinski definition) is 1. The minimum absolute atomic E-state index is 0.286. The van der Waals surface area contributed by atoms with Crippen LogP contribution >= 0.6 is 0 Å². The molecule has 0 bridgehead atoms. The van der Waals surface area contributed by atoms with Gasteiger partial charge in [-0.15, -0.1) is 0 Å². The van der Waals surface area contributed by atoms with Crippen LogP contribution in [0, 0.1) is 11.8 Å². The summed E-state index contributed by atoms with van der Waals surface area (Å²) in [6.45, 7) is 7.70. The number of carbonyl (C=O) groups is 1. The average molecular weight is 152 g/mol. The lowest BCUT2D eigenvalue weighted by Gasteiger charge is -2.06. The fourth-order valence-electron chi connectivity index (χ4n) is 1.79. The van der Waals surface area contributed by atoms with Crippen molar-refractivity contribution < 1.29 is 4.79 Å². The third kappa shape index (κ3) is 1.92. The molecule has 2 unspecified atom stereocenters. The Balaban J connectivity index is 2.50. The van der Waals surface area contributed by atoms with Gasteiger partial charge in [-0.25, -0.2) is 0 Å². The lowest BCUT2D eigenvalue weighted by Crippen LogP contribution is -2.11. The summed E-state index contributed by atoms with van der Waals surface area (Å²) in [6.07, 6.45) is 3.36. The monoisotopic (exact) mass is 152 g/mol. The molecule has 0 radical (unpaired) electrons. The summed E-state index contributed by atoms with van der Waals surface area (Å²) in [4.78, 5) is 11.4. The number of hydrogen-bond donors (Lipinski definition) is 0. The van der Waals surface area contributed by atoms with Gasteiger partial charge in [0.2, 0.25) is 0 Å². The third-order valence-electron chi connectivity index (χ3n) is 2.49. The quantitative estimate of drug-likeness (QED) is 0.556. The van der Waals surface area contributed by atoms with Crippen molar-refractivity contribution in [2.24, 2.45) is 11.8 Å². The van der Waals surface area contributed by atoms with Crippen molar-refractivity contribution in [1.29, 1.82) is 0 Å². The van der Waals surface area contributed by atoms with Crippen molar-refractivity contribution in [2.45, 2.75) is 33.1 Å². The van der Waals surface area contributed by atoms with E-state index < -0.39 is 0 Å². The van der Waals surface area contributed by atoms with Gasteiger partial charge in [0, 0.05) is 5.92 Å². The van der Waals surface area contributed by atoms with Gasteiger partial charge in [0.15, 0.2) is 5.78 Å². The number of carbonyl (C=O) groups excluding carboxylic acids is 1. The lowest BCUT2D eigenvalue weighted by molar-refractivity contribution is -0.119. The van der Waals surface area contributed by atoms with Crippen molar-refractivity contribution in [3.05, 3.63) is 12.2 Å². The van der Waals surface area contributed by atoms with Crippen LogP contribution in [0.25, 0.3) is 0 Å². The summed E-state index contributed by atoms with van der Waals surface area (Å²) >= 11 is 0. The van der Waals surface area contributed by atoms with Crippen LogP contribution in [0.2, 0.25) is 0 Å². The predicted molar refractivity (Wildman–Crippen MR) is 46.3 cm³/mol. The van der Waals surface area contributed by atoms with Crippen LogP contribution in [-0.2, 0) is 4.79 Å². The topological polar surface area (TPSA) is 17.1 Å². The first-order valence-corrected chi connectivity index (χ1v) is 4.31. The molecule has 1 aliphatic carbocycles. The standard InChI is InChI=1S/C10H16O/c1-7(2)10(11)9-5-4-8(3)6-9/h8-9H,1,4-6H2,2-3H3. The SMILES string of the molecule is C=C(C)C(=O)C1CCC(C)C1. The van der Waals surface area contributed by atoms with E-state index in [0.717, 1.165) is 24.3 Å². The normalized spacial score (nSPS) is 30.4. The molecule has 62 valence electrons. The molecule has 1 aliphatic rings. The zero-order valence-electron chi connectivity index (χ0n) is 7.39. The third-order valence-corrected chi connectivity index (χ3v) is 2.49. The van der Waals surface area contributed by atoms with E-state index in [-0.39, 0.29) is 5.78 Å². The molecule has 1 nitrogen and oxygen atoms in total. The summed E-state index contributed by atoms with van der Waals surface area (Å²) in [5.41, 5.74) is 0.726. The predicted octanol–water partition coefficient (Wildman–Crippen LogP) is 2.57. The fourth-order valence-corrected chi connectivity index (χ4v) is 1.79. The average Bonchev–Trinajstić information content (AvgIpc) is 2.34. The highest BCUT2D eigenvalue weighted by atomic mass is 16.1. The number of rotatable bonds is 2. The van der Waals surface area contributed by atoms with Crippen molar-refractivity contribution in [3.63, 3.8) is 0 Å². The zero-order chi connectivity index (χ0) is 8.43. The second-order valence-electron chi connectivity index (χ2n) is 3.76. The summed E-state index contributed by atoms with van der Waals surface area (Å²) in [5, 5.41) is 0. The molecule has 1 fully saturated rings. The maximum absolute atomic E-state index is 11.4. The van der Waals surface area contributed by atoms with Gasteiger partial charge < -0.3 is 0 Å². The van der Waals surface area contributed by atoms with E-state index in [1.165, 1.54) is 6.42 Å². The van der Waals surface area contributed by atoms with Crippen molar-refractivity contribution in [2.75, 3.05) is 0 Å². The van der Waals surface area contributed by atoms with Crippen molar-refractivity contribution in [3.8, 4) is 0 Å². The molecular weight excluding hydrogens is 136 g/mol. The van der Waals surface area contributed by atoms with E-state index in [0.29, 0.717) is 5.92 Å². The van der Waals surface area contributed by atoms with Gasteiger partial charge in [-0.05, 0) is 37.7 Å². The molecule has 1 heteroatoms.